The molecule has 1 fully saturated rings. The third kappa shape index (κ3) is 7.08. The highest BCUT2D eigenvalue weighted by Gasteiger charge is 2.54. The summed E-state index contributed by atoms with van der Waals surface area (Å²) < 4.78 is 12.2. The fourth-order valence-corrected chi connectivity index (χ4v) is 7.74. The Bertz CT molecular complexity index is 1760. The molecule has 5 rings (SSSR count). The summed E-state index contributed by atoms with van der Waals surface area (Å²) in [6, 6.07) is 9.55. The van der Waals surface area contributed by atoms with Crippen molar-refractivity contribution in [3.63, 3.8) is 0 Å². The number of fused-ring (bicyclic) bond motifs is 1. The molecule has 0 bridgehead atoms. The van der Waals surface area contributed by atoms with Gasteiger partial charge >= 0.3 is 5.97 Å². The van der Waals surface area contributed by atoms with Crippen LogP contribution in [0, 0.1) is 0 Å². The van der Waals surface area contributed by atoms with Gasteiger partial charge in [-0.1, -0.05) is 41.9 Å². The average Bonchev–Trinajstić information content (AvgIpc) is 3.50. The topological polar surface area (TPSA) is 162 Å². The molecule has 1 saturated heterocycles. The molecule has 0 aliphatic carbocycles. The first-order chi connectivity index (χ1) is 21.7. The maximum atomic E-state index is 13.5. The van der Waals surface area contributed by atoms with Gasteiger partial charge in [-0.15, -0.1) is 34.9 Å². The second-order valence-electron chi connectivity index (χ2n) is 9.49. The number of amides is 3. The lowest BCUT2D eigenvalue weighted by atomic mass is 10.0. The van der Waals surface area contributed by atoms with E-state index in [1.165, 1.54) is 52.5 Å². The highest BCUT2D eigenvalue weighted by atomic mass is 35.5. The molecule has 2 aromatic heterocycles. The minimum absolute atomic E-state index is 0.00102. The molecule has 4 heterocycles. The maximum Gasteiger partial charge on any atom is 0.355 e. The van der Waals surface area contributed by atoms with Gasteiger partial charge in [0.1, 0.15) is 29.3 Å². The summed E-state index contributed by atoms with van der Waals surface area (Å²) >= 11 is 9.61. The molecule has 0 radical (unpaired) electrons. The van der Waals surface area contributed by atoms with E-state index in [4.69, 9.17) is 21.1 Å². The molecule has 0 saturated carbocycles. The van der Waals surface area contributed by atoms with Gasteiger partial charge in [0, 0.05) is 30.0 Å². The second kappa shape index (κ2) is 14.3. The molecule has 45 heavy (non-hydrogen) atoms. The normalized spacial score (nSPS) is 17.7. The quantitative estimate of drug-likeness (QED) is 0.0719. The van der Waals surface area contributed by atoms with Crippen molar-refractivity contribution in [2.45, 2.75) is 23.0 Å². The van der Waals surface area contributed by atoms with Crippen LogP contribution in [0.3, 0.4) is 0 Å². The van der Waals surface area contributed by atoms with E-state index in [0.29, 0.717) is 22.8 Å². The van der Waals surface area contributed by atoms with Gasteiger partial charge in [-0.2, -0.15) is 5.10 Å². The second-order valence-corrected chi connectivity index (χ2v) is 12.8. The number of aryl methyl sites for hydroxylation is 1. The van der Waals surface area contributed by atoms with E-state index >= 15 is 0 Å². The number of nitrogens with one attached hydrogen (secondary N) is 2. The molecule has 2 N–H and O–H groups in total. The Balaban J connectivity index is 1.37. The molecular weight excluding hydrogens is 664 g/mol. The number of anilines is 1. The average molecular weight is 689 g/mol. The van der Waals surface area contributed by atoms with E-state index in [1.54, 1.807) is 12.4 Å². The fourth-order valence-electron chi connectivity index (χ4n) is 4.45. The third-order valence-corrected chi connectivity index (χ3v) is 10.1. The van der Waals surface area contributed by atoms with Crippen molar-refractivity contribution in [3.8, 4) is 0 Å². The minimum atomic E-state index is -0.943. The van der Waals surface area contributed by atoms with E-state index in [-0.39, 0.29) is 39.6 Å². The van der Waals surface area contributed by atoms with Gasteiger partial charge in [-0.3, -0.25) is 28.8 Å². The molecule has 2 aliphatic heterocycles. The molecule has 234 valence electrons. The van der Waals surface area contributed by atoms with Crippen LogP contribution >= 0.6 is 46.5 Å². The van der Waals surface area contributed by atoms with Crippen molar-refractivity contribution in [1.82, 2.24) is 25.0 Å². The number of hydrogen-bond donors (Lipinski definition) is 2. The lowest BCUT2D eigenvalue weighted by Gasteiger charge is -2.49. The number of halogens is 1. The van der Waals surface area contributed by atoms with Crippen LogP contribution in [-0.2, 0) is 42.3 Å². The summed E-state index contributed by atoms with van der Waals surface area (Å²) in [6.45, 7) is -0.00102. The van der Waals surface area contributed by atoms with Gasteiger partial charge < -0.3 is 20.1 Å². The number of thiazole rings is 1. The minimum Gasteiger partial charge on any atom is -0.503 e. The van der Waals surface area contributed by atoms with E-state index in [1.807, 2.05) is 30.3 Å². The van der Waals surface area contributed by atoms with Gasteiger partial charge in [0.2, 0.25) is 11.8 Å². The Morgan fingerprint density at radius 3 is 2.76 bits per heavy atom. The zero-order chi connectivity index (χ0) is 32.1. The van der Waals surface area contributed by atoms with E-state index in [0.717, 1.165) is 16.9 Å². The molecule has 2 unspecified atom stereocenters. The number of methoxy groups -OCH3 is 1. The van der Waals surface area contributed by atoms with E-state index in [2.05, 4.69) is 20.7 Å². The number of nitrogens with zero attached hydrogens (tertiary/aromatic N) is 4. The fraction of sp³-hybridized carbons (Fsp3) is 0.250. The number of rotatable bonds is 12. The van der Waals surface area contributed by atoms with Gasteiger partial charge in [-0.25, -0.2) is 9.78 Å². The molecule has 3 amide bonds. The van der Waals surface area contributed by atoms with Crippen molar-refractivity contribution in [1.29, 1.82) is 0 Å². The van der Waals surface area contributed by atoms with E-state index < -0.39 is 34.6 Å². The Kier molecular flexibility index (Phi) is 10.3. The van der Waals surface area contributed by atoms with Crippen LogP contribution in [0.2, 0.25) is 5.15 Å². The third-order valence-electron chi connectivity index (χ3n) is 6.59. The number of hydrogen-bond acceptors (Lipinski definition) is 12. The summed E-state index contributed by atoms with van der Waals surface area (Å²) in [7, 11) is 3.01. The van der Waals surface area contributed by atoms with Crippen molar-refractivity contribution in [2.75, 3.05) is 23.9 Å². The maximum absolute atomic E-state index is 13.5. The van der Waals surface area contributed by atoms with Crippen LogP contribution in [0.25, 0.3) is 5.57 Å². The zero-order valence-corrected chi connectivity index (χ0v) is 26.9. The number of esters is 1. The summed E-state index contributed by atoms with van der Waals surface area (Å²) in [5.41, 5.74) is 1.37. The van der Waals surface area contributed by atoms with Crippen LogP contribution in [0.5, 0.6) is 0 Å². The Morgan fingerprint density at radius 1 is 1.24 bits per heavy atom. The molecule has 1 aromatic carbocycles. The van der Waals surface area contributed by atoms with Crippen molar-refractivity contribution >= 4 is 81.4 Å². The lowest BCUT2D eigenvalue weighted by molar-refractivity contribution is -0.153. The Hall–Kier alpha value is -4.12. The van der Waals surface area contributed by atoms with Crippen LogP contribution in [0.1, 0.15) is 11.3 Å². The van der Waals surface area contributed by atoms with Crippen molar-refractivity contribution in [2.24, 2.45) is 7.05 Å². The predicted molar refractivity (Wildman–Crippen MR) is 170 cm³/mol. The summed E-state index contributed by atoms with van der Waals surface area (Å²) in [5.74, 6) is -1.18. The van der Waals surface area contributed by atoms with Gasteiger partial charge in [0.15, 0.2) is 10.3 Å². The number of ether oxygens (including phenoxy) is 2. The largest absolute Gasteiger partial charge is 0.503 e. The summed E-state index contributed by atoms with van der Waals surface area (Å²) in [4.78, 5) is 68.8. The Morgan fingerprint density at radius 2 is 2.02 bits per heavy atom. The first-order valence-corrected chi connectivity index (χ1v) is 16.4. The standard InChI is InChI=1S/C28H25ClN6O7S3/c1-34-20(8-19(37)23(29)33-34)43-11-16-12-44-26-21(32-24(38)17(10-41-2)18-13-45-28(31-18)30-14-36)25(39)35(26)22(16)27(40)42-9-15-6-4-3-5-7-15/h3-8,10,13-14,21,26H,9,11-12H2,1-2H3,(H,32,38)(H,30,31,36)/b17-10-. The number of carbonyl (C=O) groups excluding carboxylic acids is 4. The van der Waals surface area contributed by atoms with Crippen LogP contribution in [0.4, 0.5) is 5.13 Å². The number of aromatic nitrogens is 3. The lowest BCUT2D eigenvalue weighted by Crippen LogP contribution is -2.70. The number of β-lactam (4-membered cyclic amide) rings is 1. The molecule has 17 heteroatoms. The van der Waals surface area contributed by atoms with Gasteiger partial charge in [-0.05, 0) is 11.1 Å². The van der Waals surface area contributed by atoms with Gasteiger partial charge in [0.25, 0.3) is 11.8 Å². The van der Waals surface area contributed by atoms with Crippen LogP contribution < -0.4 is 16.1 Å². The van der Waals surface area contributed by atoms with Crippen molar-refractivity contribution < 1.29 is 28.7 Å². The predicted octanol–water partition coefficient (Wildman–Crippen LogP) is 2.64. The molecule has 3 aromatic rings. The Labute approximate surface area is 274 Å². The van der Waals surface area contributed by atoms with Crippen LogP contribution in [0.15, 0.2) is 69.1 Å². The molecule has 2 aliphatic rings. The van der Waals surface area contributed by atoms with Gasteiger partial charge in [0.05, 0.1) is 24.1 Å². The highest BCUT2D eigenvalue weighted by molar-refractivity contribution is 8.01. The van der Waals surface area contributed by atoms with E-state index in [9.17, 15) is 24.0 Å². The molecule has 2 atom stereocenters. The number of thioether (sulfide) groups is 2. The monoisotopic (exact) mass is 688 g/mol. The number of benzene rings is 1. The summed E-state index contributed by atoms with van der Waals surface area (Å²) in [5, 5.41) is 10.8. The molecule has 13 nitrogen and oxygen atoms in total. The summed E-state index contributed by atoms with van der Waals surface area (Å²) in [6.07, 6.45) is 1.67. The highest BCUT2D eigenvalue weighted by Crippen LogP contribution is 2.42. The smallest absolute Gasteiger partial charge is 0.355 e. The molecular formula is C28H25ClN6O7S3. The zero-order valence-electron chi connectivity index (χ0n) is 23.7. The first-order valence-electron chi connectivity index (χ1n) is 13.2. The van der Waals surface area contributed by atoms with Crippen molar-refractivity contribution in [3.05, 3.63) is 85.9 Å². The molecule has 0 spiro atoms. The van der Waals surface area contributed by atoms with Crippen LogP contribution in [-0.4, -0.2) is 73.9 Å². The SMILES string of the molecule is CO/C=C(\C(=O)NC1C(=O)N2C(C(=O)OCc3ccccc3)=C(CSc3cc(=O)c(Cl)nn3C)CSC12)c1csc(NC=O)n1. The number of carbonyl (C=O) groups is 4. The first kappa shape index (κ1) is 32.3.